The Balaban J connectivity index is 2.10. The van der Waals surface area contributed by atoms with Crippen LogP contribution in [-0.2, 0) is 6.54 Å². The minimum absolute atomic E-state index is 0.263. The van der Waals surface area contributed by atoms with Gasteiger partial charge < -0.3 is 9.84 Å². The van der Waals surface area contributed by atoms with E-state index in [1.165, 1.54) is 12.8 Å². The molecule has 1 aliphatic heterocycles. The van der Waals surface area contributed by atoms with Crippen molar-refractivity contribution in [1.82, 2.24) is 4.90 Å². The highest BCUT2D eigenvalue weighted by Crippen LogP contribution is 2.25. The Labute approximate surface area is 127 Å². The number of rotatable bonds is 5. The second kappa shape index (κ2) is 7.44. The second-order valence-electron chi connectivity index (χ2n) is 5.85. The van der Waals surface area contributed by atoms with Gasteiger partial charge in [-0.3, -0.25) is 4.90 Å². The lowest BCUT2D eigenvalue weighted by atomic mass is 9.96. The first-order valence-corrected chi connectivity index (χ1v) is 7.63. The summed E-state index contributed by atoms with van der Waals surface area (Å²) in [5.41, 5.74) is 1.71. The van der Waals surface area contributed by atoms with E-state index in [0.29, 0.717) is 17.4 Å². The van der Waals surface area contributed by atoms with Gasteiger partial charge >= 0.3 is 0 Å². The third-order valence-corrected chi connectivity index (χ3v) is 4.13. The van der Waals surface area contributed by atoms with Gasteiger partial charge in [-0.1, -0.05) is 12.5 Å². The molecular weight excluding hydrogens is 264 g/mol. The lowest BCUT2D eigenvalue weighted by Crippen LogP contribution is -2.40. The van der Waals surface area contributed by atoms with Gasteiger partial charge in [-0.15, -0.1) is 0 Å². The molecule has 1 saturated heterocycles. The van der Waals surface area contributed by atoms with Crippen LogP contribution < -0.4 is 4.74 Å². The molecule has 4 nitrogen and oxygen atoms in total. The Morgan fingerprint density at radius 1 is 1.48 bits per heavy atom. The van der Waals surface area contributed by atoms with E-state index >= 15 is 0 Å². The Kier molecular flexibility index (Phi) is 5.60. The third-order valence-electron chi connectivity index (χ3n) is 4.13. The zero-order valence-corrected chi connectivity index (χ0v) is 12.9. The van der Waals surface area contributed by atoms with Crippen LogP contribution in [0.25, 0.3) is 0 Å². The summed E-state index contributed by atoms with van der Waals surface area (Å²) in [6.45, 7) is 3.75. The van der Waals surface area contributed by atoms with Crippen molar-refractivity contribution in [1.29, 1.82) is 5.26 Å². The van der Waals surface area contributed by atoms with Gasteiger partial charge in [0.2, 0.25) is 0 Å². The monoisotopic (exact) mass is 288 g/mol. The quantitative estimate of drug-likeness (QED) is 0.905. The minimum atomic E-state index is -0.263. The van der Waals surface area contributed by atoms with Crippen molar-refractivity contribution in [2.45, 2.75) is 51.3 Å². The highest BCUT2D eigenvalue weighted by molar-refractivity contribution is 5.45. The summed E-state index contributed by atoms with van der Waals surface area (Å²) in [6.07, 6.45) is 4.14. The van der Waals surface area contributed by atoms with Crippen LogP contribution in [0, 0.1) is 11.3 Å². The first-order valence-electron chi connectivity index (χ1n) is 7.63. The summed E-state index contributed by atoms with van der Waals surface area (Å²) in [6, 6.07) is 8.41. The van der Waals surface area contributed by atoms with E-state index in [2.05, 4.69) is 11.0 Å². The van der Waals surface area contributed by atoms with Gasteiger partial charge in [-0.05, 0) is 50.4 Å². The Hall–Kier alpha value is -1.57. The molecule has 1 fully saturated rings. The molecule has 1 aromatic rings. The largest absolute Gasteiger partial charge is 0.495 e. The first-order chi connectivity index (χ1) is 10.1. The first kappa shape index (κ1) is 15.8. The van der Waals surface area contributed by atoms with Crippen LogP contribution in [0.4, 0.5) is 0 Å². The van der Waals surface area contributed by atoms with Gasteiger partial charge in [0, 0.05) is 12.6 Å². The van der Waals surface area contributed by atoms with Gasteiger partial charge in [-0.2, -0.15) is 5.26 Å². The molecule has 0 amide bonds. The minimum Gasteiger partial charge on any atom is -0.495 e. The van der Waals surface area contributed by atoms with Crippen LogP contribution in [0.5, 0.6) is 5.75 Å². The van der Waals surface area contributed by atoms with Crippen LogP contribution in [0.3, 0.4) is 0 Å². The van der Waals surface area contributed by atoms with E-state index in [0.717, 1.165) is 31.5 Å². The van der Waals surface area contributed by atoms with Gasteiger partial charge in [-0.25, -0.2) is 0 Å². The van der Waals surface area contributed by atoms with Crippen molar-refractivity contribution in [2.24, 2.45) is 0 Å². The van der Waals surface area contributed by atoms with Crippen molar-refractivity contribution in [3.63, 3.8) is 0 Å². The standard InChI is InChI=1S/C17H24N2O2/c1-13(20)9-16-5-3-4-8-19(16)12-14-6-7-17(21-2)15(10-14)11-18/h6-7,10,13,16,20H,3-5,8-9,12H2,1-2H3. The van der Waals surface area contributed by atoms with E-state index in [1.54, 1.807) is 7.11 Å². The van der Waals surface area contributed by atoms with Crippen LogP contribution in [0.15, 0.2) is 18.2 Å². The van der Waals surface area contributed by atoms with Crippen LogP contribution >= 0.6 is 0 Å². The van der Waals surface area contributed by atoms with Crippen molar-refractivity contribution in [3.8, 4) is 11.8 Å². The highest BCUT2D eigenvalue weighted by atomic mass is 16.5. The van der Waals surface area contributed by atoms with Crippen LogP contribution in [-0.4, -0.2) is 35.8 Å². The zero-order valence-electron chi connectivity index (χ0n) is 12.9. The summed E-state index contributed by atoms with van der Waals surface area (Å²) < 4.78 is 5.19. The normalized spacial score (nSPS) is 20.8. The molecule has 0 aliphatic carbocycles. The topological polar surface area (TPSA) is 56.5 Å². The summed E-state index contributed by atoms with van der Waals surface area (Å²) in [7, 11) is 1.58. The van der Waals surface area contributed by atoms with Crippen molar-refractivity contribution < 1.29 is 9.84 Å². The molecule has 2 atom stereocenters. The molecule has 1 N–H and O–H groups in total. The molecule has 4 heteroatoms. The summed E-state index contributed by atoms with van der Waals surface area (Å²) >= 11 is 0. The van der Waals surface area contributed by atoms with Gasteiger partial charge in [0.1, 0.15) is 11.8 Å². The maximum Gasteiger partial charge on any atom is 0.136 e. The van der Waals surface area contributed by atoms with Crippen LogP contribution in [0.1, 0.15) is 43.7 Å². The number of nitriles is 1. The fourth-order valence-electron chi connectivity index (χ4n) is 3.10. The number of aliphatic hydroxyl groups is 1. The predicted molar refractivity (Wildman–Crippen MR) is 82.1 cm³/mol. The molecular formula is C17H24N2O2. The maximum absolute atomic E-state index is 9.65. The third kappa shape index (κ3) is 4.20. The lowest BCUT2D eigenvalue weighted by Gasteiger charge is -2.36. The van der Waals surface area contributed by atoms with E-state index < -0.39 is 0 Å². The molecule has 0 aromatic heterocycles. The fourth-order valence-corrected chi connectivity index (χ4v) is 3.10. The van der Waals surface area contributed by atoms with Crippen molar-refractivity contribution >= 4 is 0 Å². The maximum atomic E-state index is 9.65. The molecule has 2 unspecified atom stereocenters. The number of aliphatic hydroxyl groups excluding tert-OH is 1. The lowest BCUT2D eigenvalue weighted by molar-refractivity contribution is 0.0818. The number of benzene rings is 1. The number of methoxy groups -OCH3 is 1. The Morgan fingerprint density at radius 3 is 2.95 bits per heavy atom. The summed E-state index contributed by atoms with van der Waals surface area (Å²) in [5.74, 6) is 0.625. The number of piperidine rings is 1. The number of ether oxygens (including phenoxy) is 1. The molecule has 1 aromatic carbocycles. The molecule has 21 heavy (non-hydrogen) atoms. The molecule has 1 heterocycles. The molecule has 1 aliphatic rings. The number of nitrogens with zero attached hydrogens (tertiary/aromatic N) is 2. The van der Waals surface area contributed by atoms with E-state index in [9.17, 15) is 10.4 Å². The molecule has 0 bridgehead atoms. The van der Waals surface area contributed by atoms with Crippen molar-refractivity contribution in [2.75, 3.05) is 13.7 Å². The average Bonchev–Trinajstić information content (AvgIpc) is 2.48. The number of hydrogen-bond acceptors (Lipinski definition) is 4. The summed E-state index contributed by atoms with van der Waals surface area (Å²) in [4.78, 5) is 2.43. The van der Waals surface area contributed by atoms with E-state index in [4.69, 9.17) is 4.74 Å². The molecule has 114 valence electrons. The Morgan fingerprint density at radius 2 is 2.29 bits per heavy atom. The molecule has 0 radical (unpaired) electrons. The Bertz CT molecular complexity index is 508. The van der Waals surface area contributed by atoms with Gasteiger partial charge in [0.05, 0.1) is 18.8 Å². The fraction of sp³-hybridized carbons (Fsp3) is 0.588. The van der Waals surface area contributed by atoms with E-state index in [-0.39, 0.29) is 6.10 Å². The smallest absolute Gasteiger partial charge is 0.136 e. The molecule has 0 saturated carbocycles. The van der Waals surface area contributed by atoms with E-state index in [1.807, 2.05) is 25.1 Å². The highest BCUT2D eigenvalue weighted by Gasteiger charge is 2.23. The SMILES string of the molecule is COc1ccc(CN2CCCCC2CC(C)O)cc1C#N. The van der Waals surface area contributed by atoms with Crippen LogP contribution in [0.2, 0.25) is 0 Å². The van der Waals surface area contributed by atoms with Crippen molar-refractivity contribution in [3.05, 3.63) is 29.3 Å². The molecule has 2 rings (SSSR count). The predicted octanol–water partition coefficient (Wildman–Crippen LogP) is 2.69. The zero-order chi connectivity index (χ0) is 15.2. The average molecular weight is 288 g/mol. The molecule has 0 spiro atoms. The second-order valence-corrected chi connectivity index (χ2v) is 5.85. The van der Waals surface area contributed by atoms with Gasteiger partial charge in [0.15, 0.2) is 0 Å². The summed E-state index contributed by atoms with van der Waals surface area (Å²) in [5, 5.41) is 18.8. The number of likely N-dealkylation sites (tertiary alicyclic amines) is 1. The number of hydrogen-bond donors (Lipinski definition) is 1. The van der Waals surface area contributed by atoms with Gasteiger partial charge in [0.25, 0.3) is 0 Å².